The van der Waals surface area contributed by atoms with E-state index >= 15 is 0 Å². The summed E-state index contributed by atoms with van der Waals surface area (Å²) in [4.78, 5) is 0. The summed E-state index contributed by atoms with van der Waals surface area (Å²) in [5.41, 5.74) is 14.0. The highest BCUT2D eigenvalue weighted by Crippen LogP contribution is 2.21. The fraction of sp³-hybridized carbons (Fsp3) is 0.538. The monoisotopic (exact) mass is 206 g/mol. The van der Waals surface area contributed by atoms with Crippen LogP contribution >= 0.6 is 0 Å². The van der Waals surface area contributed by atoms with Crippen LogP contribution in [0.3, 0.4) is 0 Å². The smallest absolute Gasteiger partial charge is 0.0178 e. The quantitative estimate of drug-likeness (QED) is 0.777. The van der Waals surface area contributed by atoms with Crippen molar-refractivity contribution in [2.75, 3.05) is 0 Å². The first-order chi connectivity index (χ1) is 7.17. The molecule has 84 valence electrons. The Morgan fingerprint density at radius 3 is 2.27 bits per heavy atom. The number of hydrogen-bond acceptors (Lipinski definition) is 2. The fourth-order valence-corrected chi connectivity index (χ4v) is 1.74. The SMILES string of the molecule is CCC(N)CC(C)c1ccc(CN)cc1. The third-order valence-electron chi connectivity index (χ3n) is 2.97. The average molecular weight is 206 g/mol. The molecule has 2 nitrogen and oxygen atoms in total. The molecule has 0 saturated heterocycles. The second-order valence-corrected chi connectivity index (χ2v) is 4.25. The standard InChI is InChI=1S/C13H22N2/c1-3-13(15)8-10(2)12-6-4-11(9-14)5-7-12/h4-7,10,13H,3,8-9,14-15H2,1-2H3. The first-order valence-corrected chi connectivity index (χ1v) is 5.71. The molecular formula is C13H22N2. The van der Waals surface area contributed by atoms with Gasteiger partial charge in [0.1, 0.15) is 0 Å². The van der Waals surface area contributed by atoms with Gasteiger partial charge in [-0.05, 0) is 29.9 Å². The number of benzene rings is 1. The molecule has 2 heteroatoms. The van der Waals surface area contributed by atoms with E-state index in [1.807, 2.05) is 0 Å². The maximum atomic E-state index is 5.95. The Hall–Kier alpha value is -0.860. The zero-order valence-corrected chi connectivity index (χ0v) is 9.74. The van der Waals surface area contributed by atoms with Gasteiger partial charge < -0.3 is 11.5 Å². The predicted molar refractivity (Wildman–Crippen MR) is 65.6 cm³/mol. The summed E-state index contributed by atoms with van der Waals surface area (Å²) in [5.74, 6) is 0.534. The third kappa shape index (κ3) is 3.65. The zero-order chi connectivity index (χ0) is 11.3. The van der Waals surface area contributed by atoms with Gasteiger partial charge in [0.05, 0.1) is 0 Å². The summed E-state index contributed by atoms with van der Waals surface area (Å²) in [6.45, 7) is 4.98. The van der Waals surface area contributed by atoms with Crippen LogP contribution in [0.25, 0.3) is 0 Å². The van der Waals surface area contributed by atoms with E-state index in [9.17, 15) is 0 Å². The molecule has 1 aromatic carbocycles. The molecule has 2 unspecified atom stereocenters. The van der Waals surface area contributed by atoms with Crippen molar-refractivity contribution in [2.45, 2.75) is 45.2 Å². The molecule has 1 rings (SSSR count). The average Bonchev–Trinajstić information content (AvgIpc) is 2.29. The predicted octanol–water partition coefficient (Wildman–Crippen LogP) is 2.38. The lowest BCUT2D eigenvalue weighted by Crippen LogP contribution is -2.20. The minimum Gasteiger partial charge on any atom is -0.328 e. The molecule has 1 aromatic rings. The van der Waals surface area contributed by atoms with Crippen LogP contribution < -0.4 is 11.5 Å². The van der Waals surface area contributed by atoms with Crippen molar-refractivity contribution in [3.8, 4) is 0 Å². The van der Waals surface area contributed by atoms with Crippen LogP contribution in [0.15, 0.2) is 24.3 Å². The van der Waals surface area contributed by atoms with E-state index in [1.54, 1.807) is 0 Å². The summed E-state index contributed by atoms with van der Waals surface area (Å²) in [7, 11) is 0. The second kappa shape index (κ2) is 5.89. The molecule has 0 aliphatic carbocycles. The van der Waals surface area contributed by atoms with Gasteiger partial charge in [-0.3, -0.25) is 0 Å². The summed E-state index contributed by atoms with van der Waals surface area (Å²) < 4.78 is 0. The van der Waals surface area contributed by atoms with Gasteiger partial charge in [0.25, 0.3) is 0 Å². The summed E-state index contributed by atoms with van der Waals surface area (Å²) in [5, 5.41) is 0. The Morgan fingerprint density at radius 2 is 1.80 bits per heavy atom. The number of hydrogen-bond donors (Lipinski definition) is 2. The van der Waals surface area contributed by atoms with Crippen molar-refractivity contribution < 1.29 is 0 Å². The molecule has 0 spiro atoms. The van der Waals surface area contributed by atoms with E-state index in [2.05, 4.69) is 38.1 Å². The number of rotatable bonds is 5. The normalized spacial score (nSPS) is 14.9. The molecule has 0 saturated carbocycles. The molecule has 2 atom stereocenters. The van der Waals surface area contributed by atoms with Crippen LogP contribution in [0, 0.1) is 0 Å². The van der Waals surface area contributed by atoms with Gasteiger partial charge in [0.2, 0.25) is 0 Å². The minimum atomic E-state index is 0.314. The van der Waals surface area contributed by atoms with E-state index in [1.165, 1.54) is 11.1 Å². The maximum Gasteiger partial charge on any atom is 0.0178 e. The first-order valence-electron chi connectivity index (χ1n) is 5.71. The van der Waals surface area contributed by atoms with Crippen LogP contribution in [-0.4, -0.2) is 6.04 Å². The van der Waals surface area contributed by atoms with Gasteiger partial charge in [-0.15, -0.1) is 0 Å². The van der Waals surface area contributed by atoms with Gasteiger partial charge in [0, 0.05) is 12.6 Å². The Labute approximate surface area is 92.7 Å². The maximum absolute atomic E-state index is 5.95. The van der Waals surface area contributed by atoms with Gasteiger partial charge in [-0.25, -0.2) is 0 Å². The first kappa shape index (κ1) is 12.2. The Balaban J connectivity index is 2.61. The fourth-order valence-electron chi connectivity index (χ4n) is 1.74. The van der Waals surface area contributed by atoms with E-state index in [0.717, 1.165) is 12.8 Å². The van der Waals surface area contributed by atoms with E-state index < -0.39 is 0 Å². The van der Waals surface area contributed by atoms with E-state index in [4.69, 9.17) is 11.5 Å². The lowest BCUT2D eigenvalue weighted by atomic mass is 9.93. The highest BCUT2D eigenvalue weighted by molar-refractivity contribution is 5.25. The lowest BCUT2D eigenvalue weighted by molar-refractivity contribution is 0.538. The van der Waals surface area contributed by atoms with E-state index in [0.29, 0.717) is 18.5 Å². The largest absolute Gasteiger partial charge is 0.328 e. The molecule has 0 aromatic heterocycles. The van der Waals surface area contributed by atoms with Crippen molar-refractivity contribution >= 4 is 0 Å². The molecule has 0 bridgehead atoms. The summed E-state index contributed by atoms with van der Waals surface area (Å²) in [6.07, 6.45) is 2.10. The second-order valence-electron chi connectivity index (χ2n) is 4.25. The van der Waals surface area contributed by atoms with Crippen LogP contribution in [0.1, 0.15) is 43.7 Å². The molecule has 0 heterocycles. The van der Waals surface area contributed by atoms with Crippen molar-refractivity contribution in [3.05, 3.63) is 35.4 Å². The molecule has 15 heavy (non-hydrogen) atoms. The van der Waals surface area contributed by atoms with Gasteiger partial charge in [-0.2, -0.15) is 0 Å². The van der Waals surface area contributed by atoms with Gasteiger partial charge in [-0.1, -0.05) is 38.1 Å². The van der Waals surface area contributed by atoms with Crippen molar-refractivity contribution in [1.29, 1.82) is 0 Å². The summed E-state index contributed by atoms with van der Waals surface area (Å²) >= 11 is 0. The molecule has 0 aliphatic rings. The topological polar surface area (TPSA) is 52.0 Å². The van der Waals surface area contributed by atoms with Crippen LogP contribution in [0.2, 0.25) is 0 Å². The lowest BCUT2D eigenvalue weighted by Gasteiger charge is -2.16. The van der Waals surface area contributed by atoms with Crippen molar-refractivity contribution in [2.24, 2.45) is 11.5 Å². The molecular weight excluding hydrogens is 184 g/mol. The molecule has 0 amide bonds. The number of nitrogens with two attached hydrogens (primary N) is 2. The Morgan fingerprint density at radius 1 is 1.20 bits per heavy atom. The van der Waals surface area contributed by atoms with Gasteiger partial charge in [0.15, 0.2) is 0 Å². The molecule has 0 fully saturated rings. The minimum absolute atomic E-state index is 0.314. The Kier molecular flexibility index (Phi) is 4.79. The van der Waals surface area contributed by atoms with Gasteiger partial charge >= 0.3 is 0 Å². The third-order valence-corrected chi connectivity index (χ3v) is 2.97. The highest BCUT2D eigenvalue weighted by Gasteiger charge is 2.09. The van der Waals surface area contributed by atoms with Crippen molar-refractivity contribution in [3.63, 3.8) is 0 Å². The van der Waals surface area contributed by atoms with Crippen molar-refractivity contribution in [1.82, 2.24) is 0 Å². The molecule has 0 aliphatic heterocycles. The van der Waals surface area contributed by atoms with Crippen LogP contribution in [0.5, 0.6) is 0 Å². The summed E-state index contributed by atoms with van der Waals surface area (Å²) in [6, 6.07) is 8.84. The Bertz CT molecular complexity index is 279. The van der Waals surface area contributed by atoms with Crippen LogP contribution in [-0.2, 0) is 6.54 Å². The highest BCUT2D eigenvalue weighted by atomic mass is 14.6. The molecule has 0 radical (unpaired) electrons. The van der Waals surface area contributed by atoms with E-state index in [-0.39, 0.29) is 0 Å². The zero-order valence-electron chi connectivity index (χ0n) is 9.74. The van der Waals surface area contributed by atoms with Crippen LogP contribution in [0.4, 0.5) is 0 Å². The molecule has 4 N–H and O–H groups in total.